The van der Waals surface area contributed by atoms with E-state index in [2.05, 4.69) is 4.90 Å². The average Bonchev–Trinajstić information content (AvgIpc) is 3.55. The first kappa shape index (κ1) is 21.3. The first-order chi connectivity index (χ1) is 14.3. The molecule has 0 unspecified atom stereocenters. The van der Waals surface area contributed by atoms with Crippen molar-refractivity contribution in [2.24, 2.45) is 5.92 Å². The van der Waals surface area contributed by atoms with Crippen LogP contribution in [0.15, 0.2) is 18.2 Å². The third-order valence-corrected chi connectivity index (χ3v) is 6.49. The van der Waals surface area contributed by atoms with Gasteiger partial charge in [0.1, 0.15) is 11.5 Å². The summed E-state index contributed by atoms with van der Waals surface area (Å²) in [6.07, 6.45) is 3.88. The van der Waals surface area contributed by atoms with Crippen molar-refractivity contribution < 1.29 is 19.1 Å². The number of benzene rings is 1. The van der Waals surface area contributed by atoms with Gasteiger partial charge in [0.25, 0.3) is 5.91 Å². The summed E-state index contributed by atoms with van der Waals surface area (Å²) in [7, 11) is 0. The molecule has 1 aliphatic carbocycles. The molecule has 0 aromatic heterocycles. The van der Waals surface area contributed by atoms with Crippen LogP contribution in [0.1, 0.15) is 55.5 Å². The van der Waals surface area contributed by atoms with Gasteiger partial charge in [-0.25, -0.2) is 0 Å². The van der Waals surface area contributed by atoms with Gasteiger partial charge in [0.15, 0.2) is 0 Å². The molecule has 0 bridgehead atoms. The number of piperidine rings is 1. The third kappa shape index (κ3) is 4.86. The molecule has 6 heteroatoms. The normalized spacial score (nSPS) is 21.8. The predicted octanol–water partition coefficient (Wildman–Crippen LogP) is 3.07. The van der Waals surface area contributed by atoms with Crippen LogP contribution >= 0.6 is 0 Å². The van der Waals surface area contributed by atoms with Gasteiger partial charge >= 0.3 is 0 Å². The summed E-state index contributed by atoms with van der Waals surface area (Å²) in [5.74, 6) is 1.60. The number of Topliss-reactive ketones (excluding diaryl/α,β-unsaturated/α-hetero) is 1. The van der Waals surface area contributed by atoms with Gasteiger partial charge in [0, 0.05) is 37.7 Å². The molecular formula is C24H34N2O4. The minimum absolute atomic E-state index is 0.0700. The van der Waals surface area contributed by atoms with Crippen LogP contribution in [0.4, 0.5) is 0 Å². The molecule has 0 radical (unpaired) electrons. The Morgan fingerprint density at radius 1 is 1.20 bits per heavy atom. The van der Waals surface area contributed by atoms with Gasteiger partial charge in [-0.1, -0.05) is 0 Å². The minimum atomic E-state index is -0.219. The Morgan fingerprint density at radius 3 is 2.57 bits per heavy atom. The highest BCUT2D eigenvalue weighted by molar-refractivity contribution is 5.94. The van der Waals surface area contributed by atoms with Crippen molar-refractivity contribution in [3.05, 3.63) is 29.3 Å². The Labute approximate surface area is 179 Å². The van der Waals surface area contributed by atoms with Crippen molar-refractivity contribution >= 4 is 11.7 Å². The molecule has 2 aliphatic heterocycles. The van der Waals surface area contributed by atoms with Crippen molar-refractivity contribution in [1.29, 1.82) is 0 Å². The number of ether oxygens (including phenoxy) is 2. The highest BCUT2D eigenvalue weighted by atomic mass is 16.5. The number of morpholine rings is 1. The maximum Gasteiger partial charge on any atom is 0.253 e. The Kier molecular flexibility index (Phi) is 6.16. The zero-order chi connectivity index (χ0) is 21.3. The second-order valence-corrected chi connectivity index (χ2v) is 9.42. The molecule has 1 aromatic rings. The molecule has 6 nitrogen and oxygen atoms in total. The summed E-state index contributed by atoms with van der Waals surface area (Å²) in [5, 5.41) is 0. The van der Waals surface area contributed by atoms with Crippen LogP contribution in [0.2, 0.25) is 0 Å². The van der Waals surface area contributed by atoms with Crippen LogP contribution in [-0.2, 0) is 9.53 Å². The van der Waals surface area contributed by atoms with E-state index in [1.807, 2.05) is 43.9 Å². The van der Waals surface area contributed by atoms with Crippen molar-refractivity contribution in [2.45, 2.75) is 58.2 Å². The molecule has 2 saturated heterocycles. The van der Waals surface area contributed by atoms with Crippen LogP contribution in [-0.4, -0.2) is 72.5 Å². The van der Waals surface area contributed by atoms with Crippen molar-refractivity contribution in [1.82, 2.24) is 9.80 Å². The van der Waals surface area contributed by atoms with Crippen molar-refractivity contribution in [3.8, 4) is 5.75 Å². The SMILES string of the molecule is Cc1cc(C(=O)N2CCC3(CC2)CN(CC(=O)C2CC2)CCO3)ccc1OC(C)C. The van der Waals surface area contributed by atoms with Gasteiger partial charge in [-0.05, 0) is 70.2 Å². The molecule has 164 valence electrons. The second kappa shape index (κ2) is 8.67. The second-order valence-electron chi connectivity index (χ2n) is 9.42. The highest BCUT2D eigenvalue weighted by Gasteiger charge is 2.42. The van der Waals surface area contributed by atoms with E-state index in [0.717, 1.165) is 50.1 Å². The Bertz CT molecular complexity index is 794. The van der Waals surface area contributed by atoms with Crippen LogP contribution in [0.25, 0.3) is 0 Å². The molecule has 1 saturated carbocycles. The third-order valence-electron chi connectivity index (χ3n) is 6.49. The van der Waals surface area contributed by atoms with Gasteiger partial charge in [-0.2, -0.15) is 0 Å². The number of ketones is 1. The zero-order valence-electron chi connectivity index (χ0n) is 18.5. The number of carbonyl (C=O) groups excluding carboxylic acids is 2. The fourth-order valence-electron chi connectivity index (χ4n) is 4.58. The molecule has 1 amide bonds. The monoisotopic (exact) mass is 414 g/mol. The number of likely N-dealkylation sites (tertiary alicyclic amines) is 1. The summed E-state index contributed by atoms with van der Waals surface area (Å²) in [6, 6.07) is 5.68. The van der Waals surface area contributed by atoms with E-state index in [1.54, 1.807) is 0 Å². The largest absolute Gasteiger partial charge is 0.491 e. The van der Waals surface area contributed by atoms with Crippen LogP contribution in [0.5, 0.6) is 5.75 Å². The van der Waals surface area contributed by atoms with E-state index < -0.39 is 0 Å². The first-order valence-electron chi connectivity index (χ1n) is 11.3. The van der Waals surface area contributed by atoms with Crippen LogP contribution in [0.3, 0.4) is 0 Å². The fraction of sp³-hybridized carbons (Fsp3) is 0.667. The number of aryl methyl sites for hydroxylation is 1. The minimum Gasteiger partial charge on any atom is -0.491 e. The maximum atomic E-state index is 13.0. The lowest BCUT2D eigenvalue weighted by molar-refractivity contribution is -0.140. The lowest BCUT2D eigenvalue weighted by Gasteiger charge is -2.47. The number of hydrogen-bond acceptors (Lipinski definition) is 5. The molecule has 30 heavy (non-hydrogen) atoms. The van der Waals surface area contributed by atoms with E-state index in [-0.39, 0.29) is 17.6 Å². The number of amides is 1. The smallest absolute Gasteiger partial charge is 0.253 e. The molecule has 2 heterocycles. The number of hydrogen-bond donors (Lipinski definition) is 0. The quantitative estimate of drug-likeness (QED) is 0.716. The van der Waals surface area contributed by atoms with Crippen molar-refractivity contribution in [2.75, 3.05) is 39.3 Å². The standard InChI is InChI=1S/C24H34N2O4/c1-17(2)30-22-7-6-20(14-18(22)3)23(28)26-10-8-24(9-11-26)16-25(12-13-29-24)15-21(27)19-4-5-19/h6-7,14,17,19H,4-5,8-13,15-16H2,1-3H3. The molecule has 1 aromatic carbocycles. The zero-order valence-corrected chi connectivity index (χ0v) is 18.5. The molecule has 0 N–H and O–H groups in total. The molecule has 0 atom stereocenters. The fourth-order valence-corrected chi connectivity index (χ4v) is 4.58. The average molecular weight is 415 g/mol. The van der Waals surface area contributed by atoms with Gasteiger partial charge < -0.3 is 14.4 Å². The van der Waals surface area contributed by atoms with E-state index >= 15 is 0 Å². The number of carbonyl (C=O) groups is 2. The number of rotatable bonds is 6. The van der Waals surface area contributed by atoms with Gasteiger partial charge in [0.05, 0.1) is 24.9 Å². The molecule has 4 rings (SSSR count). The maximum absolute atomic E-state index is 13.0. The van der Waals surface area contributed by atoms with Crippen LogP contribution in [0, 0.1) is 12.8 Å². The Morgan fingerprint density at radius 2 is 1.93 bits per heavy atom. The summed E-state index contributed by atoms with van der Waals surface area (Å²) in [5.41, 5.74) is 1.47. The summed E-state index contributed by atoms with van der Waals surface area (Å²) in [4.78, 5) is 29.4. The first-order valence-corrected chi connectivity index (χ1v) is 11.3. The van der Waals surface area contributed by atoms with Gasteiger partial charge in [-0.15, -0.1) is 0 Å². The van der Waals surface area contributed by atoms with E-state index in [0.29, 0.717) is 43.5 Å². The Balaban J connectivity index is 1.34. The molecule has 1 spiro atoms. The lowest BCUT2D eigenvalue weighted by Crippen LogP contribution is -2.58. The summed E-state index contributed by atoms with van der Waals surface area (Å²) in [6.45, 7) is 10.2. The predicted molar refractivity (Wildman–Crippen MR) is 115 cm³/mol. The molecular weight excluding hydrogens is 380 g/mol. The van der Waals surface area contributed by atoms with E-state index in [4.69, 9.17) is 9.47 Å². The van der Waals surface area contributed by atoms with E-state index in [9.17, 15) is 9.59 Å². The molecule has 3 fully saturated rings. The Hall–Kier alpha value is -1.92. The van der Waals surface area contributed by atoms with E-state index in [1.165, 1.54) is 0 Å². The molecule has 3 aliphatic rings. The summed E-state index contributed by atoms with van der Waals surface area (Å²) >= 11 is 0. The summed E-state index contributed by atoms with van der Waals surface area (Å²) < 4.78 is 12.0. The highest BCUT2D eigenvalue weighted by Crippen LogP contribution is 2.33. The van der Waals surface area contributed by atoms with Crippen LogP contribution < -0.4 is 4.74 Å². The lowest BCUT2D eigenvalue weighted by atomic mass is 9.89. The number of nitrogens with zero attached hydrogens (tertiary/aromatic N) is 2. The topological polar surface area (TPSA) is 59.1 Å². The van der Waals surface area contributed by atoms with Gasteiger partial charge in [0.2, 0.25) is 0 Å². The van der Waals surface area contributed by atoms with Crippen molar-refractivity contribution in [3.63, 3.8) is 0 Å². The van der Waals surface area contributed by atoms with Gasteiger partial charge in [-0.3, -0.25) is 14.5 Å².